The van der Waals surface area contributed by atoms with Crippen LogP contribution >= 0.6 is 0 Å². The van der Waals surface area contributed by atoms with Crippen LogP contribution in [0.1, 0.15) is 13.3 Å². The van der Waals surface area contributed by atoms with Crippen LogP contribution in [0.15, 0.2) is 12.3 Å². The zero-order chi connectivity index (χ0) is 9.19. The molecule has 12 heavy (non-hydrogen) atoms. The first-order valence-electron chi connectivity index (χ1n) is 3.55. The monoisotopic (exact) mass is 171 g/mol. The predicted molar refractivity (Wildman–Crippen MR) is 39.8 cm³/mol. The summed E-state index contributed by atoms with van der Waals surface area (Å²) in [6.45, 7) is 1.97. The second-order valence-electron chi connectivity index (χ2n) is 2.90. The summed E-state index contributed by atoms with van der Waals surface area (Å²) < 4.78 is 4.69. The Morgan fingerprint density at radius 1 is 1.75 bits per heavy atom. The van der Waals surface area contributed by atoms with Crippen LogP contribution in [0.2, 0.25) is 0 Å². The molecule has 1 heterocycles. The number of nitrogens with zero attached hydrogens (tertiary/aromatic N) is 1. The number of nitro groups is 1. The highest BCUT2D eigenvalue weighted by Gasteiger charge is 2.38. The molecule has 0 spiro atoms. The van der Waals surface area contributed by atoms with Gasteiger partial charge < -0.3 is 4.74 Å². The van der Waals surface area contributed by atoms with Gasteiger partial charge in [0.15, 0.2) is 0 Å². The highest BCUT2D eigenvalue weighted by atomic mass is 16.6. The number of ether oxygens (including phenoxy) is 1. The molecule has 5 heteroatoms. The molecular weight excluding hydrogens is 162 g/mol. The van der Waals surface area contributed by atoms with Crippen molar-refractivity contribution in [2.75, 3.05) is 6.61 Å². The van der Waals surface area contributed by atoms with E-state index in [1.54, 1.807) is 6.92 Å². The van der Waals surface area contributed by atoms with E-state index in [4.69, 9.17) is 0 Å². The first-order chi connectivity index (χ1) is 5.54. The van der Waals surface area contributed by atoms with Crippen LogP contribution in [-0.2, 0) is 9.53 Å². The average molecular weight is 171 g/mol. The molecule has 0 aromatic carbocycles. The van der Waals surface area contributed by atoms with Gasteiger partial charge >= 0.3 is 5.97 Å². The van der Waals surface area contributed by atoms with Gasteiger partial charge in [0.2, 0.25) is 6.20 Å². The van der Waals surface area contributed by atoms with Crippen LogP contribution in [0.3, 0.4) is 0 Å². The van der Waals surface area contributed by atoms with Gasteiger partial charge in [0.05, 0.1) is 16.9 Å². The fraction of sp³-hybridized carbons (Fsp3) is 0.571. The largest absolute Gasteiger partial charge is 0.465 e. The smallest absolute Gasteiger partial charge is 0.316 e. The molecule has 1 saturated heterocycles. The number of carbonyl (C=O) groups is 1. The minimum Gasteiger partial charge on any atom is -0.465 e. The molecule has 1 rings (SSSR count). The first-order valence-corrected chi connectivity index (χ1v) is 3.55. The first kappa shape index (κ1) is 8.70. The lowest BCUT2D eigenvalue weighted by molar-refractivity contribution is -0.403. The van der Waals surface area contributed by atoms with Crippen molar-refractivity contribution in [1.29, 1.82) is 0 Å². The minimum absolute atomic E-state index is 0.345. The van der Waals surface area contributed by atoms with Gasteiger partial charge in [-0.25, -0.2) is 0 Å². The molecule has 0 saturated carbocycles. The third kappa shape index (κ3) is 1.61. The van der Waals surface area contributed by atoms with E-state index < -0.39 is 10.3 Å². The number of hydrogen-bond acceptors (Lipinski definition) is 4. The highest BCUT2D eigenvalue weighted by Crippen LogP contribution is 2.30. The molecule has 1 aliphatic heterocycles. The summed E-state index contributed by atoms with van der Waals surface area (Å²) in [6, 6.07) is 0. The Hall–Kier alpha value is -1.39. The molecule has 0 bridgehead atoms. The van der Waals surface area contributed by atoms with E-state index in [1.807, 2.05) is 0 Å². The van der Waals surface area contributed by atoms with Gasteiger partial charge in [0.25, 0.3) is 0 Å². The summed E-state index contributed by atoms with van der Waals surface area (Å²) in [5.41, 5.74) is -0.799. The summed E-state index contributed by atoms with van der Waals surface area (Å²) in [4.78, 5) is 20.4. The molecule has 1 aliphatic rings. The maximum atomic E-state index is 11.0. The Balaban J connectivity index is 2.72. The number of cyclic esters (lactones) is 1. The van der Waals surface area contributed by atoms with Crippen molar-refractivity contribution in [1.82, 2.24) is 0 Å². The van der Waals surface area contributed by atoms with E-state index in [9.17, 15) is 14.9 Å². The van der Waals surface area contributed by atoms with E-state index >= 15 is 0 Å². The summed E-state index contributed by atoms with van der Waals surface area (Å²) in [6.07, 6.45) is 2.57. The molecular formula is C7H9NO4. The van der Waals surface area contributed by atoms with E-state index in [1.165, 1.54) is 6.08 Å². The molecule has 66 valence electrons. The topological polar surface area (TPSA) is 69.4 Å². The van der Waals surface area contributed by atoms with Crippen LogP contribution in [0, 0.1) is 15.5 Å². The Labute approximate surface area is 69.2 Å². The Bertz CT molecular complexity index is 248. The Kier molecular flexibility index (Phi) is 2.12. The zero-order valence-electron chi connectivity index (χ0n) is 6.65. The molecule has 0 amide bonds. The van der Waals surface area contributed by atoms with Gasteiger partial charge in [-0.05, 0) is 6.92 Å². The number of carbonyl (C=O) groups excluding carboxylic acids is 1. The molecule has 0 aromatic rings. The van der Waals surface area contributed by atoms with Gasteiger partial charge in [-0.3, -0.25) is 14.9 Å². The quantitative estimate of drug-likeness (QED) is 0.349. The fourth-order valence-electron chi connectivity index (χ4n) is 0.999. The highest BCUT2D eigenvalue weighted by molar-refractivity contribution is 5.80. The summed E-state index contributed by atoms with van der Waals surface area (Å²) in [7, 11) is 0. The number of hydrogen-bond donors (Lipinski definition) is 0. The van der Waals surface area contributed by atoms with Gasteiger partial charge in [-0.1, -0.05) is 0 Å². The molecule has 0 radical (unpaired) electrons. The van der Waals surface area contributed by atoms with Crippen molar-refractivity contribution in [3.63, 3.8) is 0 Å². The van der Waals surface area contributed by atoms with Crippen molar-refractivity contribution in [3.05, 3.63) is 22.4 Å². The molecule has 0 aromatic heterocycles. The average Bonchev–Trinajstić information content (AvgIpc) is 2.30. The molecule has 0 aliphatic carbocycles. The SMILES string of the molecule is CC1(/C=C/[N+](=O)[O-])CCOC1=O. The molecule has 5 nitrogen and oxygen atoms in total. The number of rotatable bonds is 2. The third-order valence-electron chi connectivity index (χ3n) is 1.88. The Morgan fingerprint density at radius 3 is 2.83 bits per heavy atom. The van der Waals surface area contributed by atoms with Gasteiger partial charge in [-0.2, -0.15) is 0 Å². The van der Waals surface area contributed by atoms with E-state index in [-0.39, 0.29) is 5.97 Å². The van der Waals surface area contributed by atoms with Crippen LogP contribution < -0.4 is 0 Å². The van der Waals surface area contributed by atoms with Crippen LogP contribution in [0.25, 0.3) is 0 Å². The second kappa shape index (κ2) is 2.92. The molecule has 1 unspecified atom stereocenters. The van der Waals surface area contributed by atoms with Crippen LogP contribution in [0.4, 0.5) is 0 Å². The molecule has 0 N–H and O–H groups in total. The van der Waals surface area contributed by atoms with E-state index in [0.717, 1.165) is 6.20 Å². The van der Waals surface area contributed by atoms with Crippen molar-refractivity contribution < 1.29 is 14.5 Å². The van der Waals surface area contributed by atoms with Crippen molar-refractivity contribution in [2.24, 2.45) is 5.41 Å². The fourth-order valence-corrected chi connectivity index (χ4v) is 0.999. The third-order valence-corrected chi connectivity index (χ3v) is 1.88. The lowest BCUT2D eigenvalue weighted by atomic mass is 9.89. The van der Waals surface area contributed by atoms with Crippen molar-refractivity contribution in [2.45, 2.75) is 13.3 Å². The summed E-state index contributed by atoms with van der Waals surface area (Å²) >= 11 is 0. The van der Waals surface area contributed by atoms with E-state index in [0.29, 0.717) is 13.0 Å². The van der Waals surface area contributed by atoms with Crippen molar-refractivity contribution >= 4 is 5.97 Å². The zero-order valence-corrected chi connectivity index (χ0v) is 6.65. The van der Waals surface area contributed by atoms with E-state index in [2.05, 4.69) is 4.74 Å². The van der Waals surface area contributed by atoms with Crippen LogP contribution in [-0.4, -0.2) is 17.5 Å². The minimum atomic E-state index is -0.799. The van der Waals surface area contributed by atoms with Gasteiger partial charge in [-0.15, -0.1) is 0 Å². The maximum absolute atomic E-state index is 11.0. The molecule has 1 fully saturated rings. The lowest BCUT2D eigenvalue weighted by Crippen LogP contribution is -2.19. The standard InChI is InChI=1S/C7H9NO4/c1-7(2-4-8(10)11)3-5-12-6(7)9/h2,4H,3,5H2,1H3/b4-2+. The summed E-state index contributed by atoms with van der Waals surface area (Å²) in [5.74, 6) is -0.388. The van der Waals surface area contributed by atoms with Crippen molar-refractivity contribution in [3.8, 4) is 0 Å². The molecule has 1 atom stereocenters. The lowest BCUT2D eigenvalue weighted by Gasteiger charge is -2.09. The normalized spacial score (nSPS) is 29.2. The van der Waals surface area contributed by atoms with Gasteiger partial charge in [0.1, 0.15) is 0 Å². The predicted octanol–water partition coefficient (Wildman–Crippen LogP) is 0.730. The Morgan fingerprint density at radius 2 is 2.42 bits per heavy atom. The van der Waals surface area contributed by atoms with Crippen LogP contribution in [0.5, 0.6) is 0 Å². The van der Waals surface area contributed by atoms with Gasteiger partial charge in [0, 0.05) is 12.5 Å². The number of esters is 1. The second-order valence-corrected chi connectivity index (χ2v) is 2.90. The summed E-state index contributed by atoms with van der Waals surface area (Å²) in [5, 5.41) is 9.97. The maximum Gasteiger partial charge on any atom is 0.316 e.